The number of methoxy groups -OCH3 is 1. The van der Waals surface area contributed by atoms with Gasteiger partial charge in [0.2, 0.25) is 5.91 Å². The molecule has 3 aromatic carbocycles. The van der Waals surface area contributed by atoms with Crippen LogP contribution in [0.3, 0.4) is 0 Å². The summed E-state index contributed by atoms with van der Waals surface area (Å²) in [5.41, 5.74) is 5.42. The van der Waals surface area contributed by atoms with Crippen molar-refractivity contribution in [2.45, 2.75) is 20.8 Å². The number of ether oxygens (including phenoxy) is 1. The number of anilines is 1. The van der Waals surface area contributed by atoms with Crippen molar-refractivity contribution in [1.29, 1.82) is 0 Å². The van der Waals surface area contributed by atoms with Gasteiger partial charge in [-0.15, -0.1) is 0 Å². The Bertz CT molecular complexity index is 1040. The van der Waals surface area contributed by atoms with Gasteiger partial charge in [0.15, 0.2) is 0 Å². The average Bonchev–Trinajstić information content (AvgIpc) is 2.86. The number of carbonyl (C=O) groups is 1. The molecule has 0 bridgehead atoms. The van der Waals surface area contributed by atoms with Crippen LogP contribution in [-0.4, -0.2) is 44.1 Å². The minimum Gasteiger partial charge on any atom is -0.497 e. The Labute approximate surface area is 198 Å². The zero-order valence-electron chi connectivity index (χ0n) is 20.1. The summed E-state index contributed by atoms with van der Waals surface area (Å²) in [5, 5.41) is 0. The maximum absolute atomic E-state index is 12.3. The first kappa shape index (κ1) is 24.3. The topological polar surface area (TPSA) is 32.8 Å². The zero-order chi connectivity index (χ0) is 23.6. The standard InChI is InChI=1S/C29H34N2O2/c1-5-30(6-2)20-21-31(23(3)32)27-16-12-24(13-17-27)22-29(25-10-8-7-9-11-25)26-14-18-28(33-4)19-15-26/h7-19,22H,5-6,20-21H2,1-4H3. The quantitative estimate of drug-likeness (QED) is 0.362. The summed E-state index contributed by atoms with van der Waals surface area (Å²) in [7, 11) is 1.68. The Morgan fingerprint density at radius 2 is 1.42 bits per heavy atom. The van der Waals surface area contributed by atoms with Crippen LogP contribution in [0.1, 0.15) is 37.5 Å². The summed E-state index contributed by atoms with van der Waals surface area (Å²) in [6, 6.07) is 26.7. The minimum atomic E-state index is 0.0636. The molecule has 0 radical (unpaired) electrons. The molecule has 0 aliphatic rings. The second-order valence-corrected chi connectivity index (χ2v) is 7.94. The number of rotatable bonds is 10. The summed E-state index contributed by atoms with van der Waals surface area (Å²) in [4.78, 5) is 16.5. The summed E-state index contributed by atoms with van der Waals surface area (Å²) in [6.45, 7) is 9.45. The summed E-state index contributed by atoms with van der Waals surface area (Å²) >= 11 is 0. The van der Waals surface area contributed by atoms with Crippen molar-refractivity contribution in [2.75, 3.05) is 38.2 Å². The van der Waals surface area contributed by atoms with E-state index in [2.05, 4.69) is 73.4 Å². The molecule has 0 aliphatic heterocycles. The number of carbonyl (C=O) groups excluding carboxylic acids is 1. The molecule has 0 unspecified atom stereocenters. The van der Waals surface area contributed by atoms with Gasteiger partial charge in [0.1, 0.15) is 5.75 Å². The monoisotopic (exact) mass is 442 g/mol. The van der Waals surface area contributed by atoms with Gasteiger partial charge < -0.3 is 14.5 Å². The molecule has 4 nitrogen and oxygen atoms in total. The van der Waals surface area contributed by atoms with Crippen LogP contribution in [0.5, 0.6) is 5.75 Å². The second kappa shape index (κ2) is 12.0. The van der Waals surface area contributed by atoms with Gasteiger partial charge in [0.25, 0.3) is 0 Å². The van der Waals surface area contributed by atoms with Gasteiger partial charge in [0, 0.05) is 25.7 Å². The van der Waals surface area contributed by atoms with Crippen LogP contribution >= 0.6 is 0 Å². The molecule has 1 amide bonds. The third-order valence-electron chi connectivity index (χ3n) is 5.92. The number of nitrogens with zero attached hydrogens (tertiary/aromatic N) is 2. The molecule has 0 saturated carbocycles. The molecule has 0 spiro atoms. The maximum atomic E-state index is 12.3. The molecular formula is C29H34N2O2. The van der Waals surface area contributed by atoms with Crippen LogP contribution < -0.4 is 9.64 Å². The van der Waals surface area contributed by atoms with E-state index in [9.17, 15) is 4.79 Å². The van der Waals surface area contributed by atoms with Gasteiger partial charge in [-0.25, -0.2) is 0 Å². The average molecular weight is 443 g/mol. The minimum absolute atomic E-state index is 0.0636. The van der Waals surface area contributed by atoms with Gasteiger partial charge in [-0.2, -0.15) is 0 Å². The molecule has 4 heteroatoms. The fraction of sp³-hybridized carbons (Fsp3) is 0.276. The molecule has 0 N–H and O–H groups in total. The molecule has 33 heavy (non-hydrogen) atoms. The largest absolute Gasteiger partial charge is 0.497 e. The van der Waals surface area contributed by atoms with Crippen LogP contribution in [0.25, 0.3) is 11.6 Å². The van der Waals surface area contributed by atoms with E-state index in [1.165, 1.54) is 0 Å². The lowest BCUT2D eigenvalue weighted by molar-refractivity contribution is -0.116. The molecule has 172 valence electrons. The predicted molar refractivity (Wildman–Crippen MR) is 139 cm³/mol. The van der Waals surface area contributed by atoms with Gasteiger partial charge in [-0.1, -0.05) is 68.4 Å². The lowest BCUT2D eigenvalue weighted by atomic mass is 9.95. The SMILES string of the molecule is CCN(CC)CCN(C(C)=O)c1ccc(C=C(c2ccccc2)c2ccc(OC)cc2)cc1. The van der Waals surface area contributed by atoms with Crippen molar-refractivity contribution in [3.63, 3.8) is 0 Å². The van der Waals surface area contributed by atoms with Crippen molar-refractivity contribution in [3.05, 3.63) is 95.6 Å². The smallest absolute Gasteiger partial charge is 0.223 e. The fourth-order valence-electron chi connectivity index (χ4n) is 3.89. The molecule has 3 rings (SSSR count). The lowest BCUT2D eigenvalue weighted by Gasteiger charge is -2.25. The van der Waals surface area contributed by atoms with Crippen molar-refractivity contribution < 1.29 is 9.53 Å². The number of hydrogen-bond acceptors (Lipinski definition) is 3. The van der Waals surface area contributed by atoms with E-state index in [-0.39, 0.29) is 5.91 Å². The molecule has 3 aromatic rings. The Kier molecular flexibility index (Phi) is 8.85. The Morgan fingerprint density at radius 3 is 1.97 bits per heavy atom. The van der Waals surface area contributed by atoms with Crippen LogP contribution in [-0.2, 0) is 4.79 Å². The number of hydrogen-bond donors (Lipinski definition) is 0. The first-order valence-electron chi connectivity index (χ1n) is 11.6. The highest BCUT2D eigenvalue weighted by atomic mass is 16.5. The maximum Gasteiger partial charge on any atom is 0.223 e. The highest BCUT2D eigenvalue weighted by Gasteiger charge is 2.13. The second-order valence-electron chi connectivity index (χ2n) is 7.94. The van der Waals surface area contributed by atoms with Crippen molar-refractivity contribution in [3.8, 4) is 5.75 Å². The van der Waals surface area contributed by atoms with Crippen molar-refractivity contribution in [2.24, 2.45) is 0 Å². The Balaban J connectivity index is 1.89. The van der Waals surface area contributed by atoms with E-state index < -0.39 is 0 Å². The van der Waals surface area contributed by atoms with Crippen LogP contribution in [0.15, 0.2) is 78.9 Å². The van der Waals surface area contributed by atoms with E-state index in [0.717, 1.165) is 53.3 Å². The van der Waals surface area contributed by atoms with E-state index in [1.54, 1.807) is 14.0 Å². The van der Waals surface area contributed by atoms with Gasteiger partial charge >= 0.3 is 0 Å². The van der Waals surface area contributed by atoms with Gasteiger partial charge in [-0.05, 0) is 65.7 Å². The summed E-state index contributed by atoms with van der Waals surface area (Å²) in [5.74, 6) is 0.901. The number of likely N-dealkylation sites (N-methyl/N-ethyl adjacent to an activating group) is 1. The van der Waals surface area contributed by atoms with E-state index in [1.807, 2.05) is 35.2 Å². The third kappa shape index (κ3) is 6.56. The van der Waals surface area contributed by atoms with Crippen LogP contribution in [0.2, 0.25) is 0 Å². The Morgan fingerprint density at radius 1 is 0.818 bits per heavy atom. The Hall–Kier alpha value is -3.37. The number of benzene rings is 3. The van der Waals surface area contributed by atoms with Gasteiger partial charge in [-0.3, -0.25) is 4.79 Å². The lowest BCUT2D eigenvalue weighted by Crippen LogP contribution is -2.37. The first-order chi connectivity index (χ1) is 16.0. The predicted octanol–water partition coefficient (Wildman–Crippen LogP) is 5.98. The van der Waals surface area contributed by atoms with Crippen LogP contribution in [0, 0.1) is 0 Å². The first-order valence-corrected chi connectivity index (χ1v) is 11.6. The molecular weight excluding hydrogens is 408 g/mol. The molecule has 0 heterocycles. The third-order valence-corrected chi connectivity index (χ3v) is 5.92. The fourth-order valence-corrected chi connectivity index (χ4v) is 3.89. The highest BCUT2D eigenvalue weighted by molar-refractivity contribution is 5.93. The highest BCUT2D eigenvalue weighted by Crippen LogP contribution is 2.28. The van der Waals surface area contributed by atoms with Crippen molar-refractivity contribution >= 4 is 23.2 Å². The van der Waals surface area contributed by atoms with E-state index in [4.69, 9.17) is 4.74 Å². The summed E-state index contributed by atoms with van der Waals surface area (Å²) < 4.78 is 5.32. The molecule has 0 aromatic heterocycles. The molecule has 0 aliphatic carbocycles. The molecule has 0 atom stereocenters. The summed E-state index contributed by atoms with van der Waals surface area (Å²) in [6.07, 6.45) is 2.19. The van der Waals surface area contributed by atoms with Gasteiger partial charge in [0.05, 0.1) is 7.11 Å². The van der Waals surface area contributed by atoms with E-state index >= 15 is 0 Å². The van der Waals surface area contributed by atoms with Crippen LogP contribution in [0.4, 0.5) is 5.69 Å². The van der Waals surface area contributed by atoms with Crippen molar-refractivity contribution in [1.82, 2.24) is 4.90 Å². The molecule has 0 fully saturated rings. The zero-order valence-corrected chi connectivity index (χ0v) is 20.1. The number of amides is 1. The normalized spacial score (nSPS) is 11.5. The molecule has 0 saturated heterocycles. The van der Waals surface area contributed by atoms with E-state index in [0.29, 0.717) is 6.54 Å².